The van der Waals surface area contributed by atoms with Crippen LogP contribution in [0, 0.1) is 62.6 Å². The first-order valence-electron chi connectivity index (χ1n) is 17.3. The number of allylic oxidation sites excluding steroid dienone is 1. The molecule has 226 valence electrons. The zero-order valence-electron chi connectivity index (χ0n) is 27.5. The van der Waals surface area contributed by atoms with Gasteiger partial charge >= 0.3 is 0 Å². The molecule has 1 aromatic carbocycles. The topological polar surface area (TPSA) is 29.1 Å². The Hall–Kier alpha value is -1.57. The summed E-state index contributed by atoms with van der Waals surface area (Å²) in [7, 11) is 0. The number of carbonyl (C=O) groups is 1. The number of nitrogens with one attached hydrogen (secondary N) is 1. The van der Waals surface area contributed by atoms with Crippen molar-refractivity contribution in [2.45, 2.75) is 126 Å². The molecule has 6 rings (SSSR count). The van der Waals surface area contributed by atoms with Gasteiger partial charge in [-0.25, -0.2) is 0 Å². The Bertz CT molecular complexity index is 1170. The normalized spacial score (nSPS) is 48.8. The van der Waals surface area contributed by atoms with Crippen molar-refractivity contribution in [3.05, 3.63) is 48.0 Å². The molecule has 41 heavy (non-hydrogen) atoms. The Kier molecular flexibility index (Phi) is 7.18. The Balaban J connectivity index is 1.34. The second kappa shape index (κ2) is 9.99. The van der Waals surface area contributed by atoms with Crippen molar-refractivity contribution in [1.29, 1.82) is 0 Å². The van der Waals surface area contributed by atoms with E-state index < -0.39 is 0 Å². The summed E-state index contributed by atoms with van der Waals surface area (Å²) in [4.78, 5) is 14.3. The zero-order chi connectivity index (χ0) is 29.4. The summed E-state index contributed by atoms with van der Waals surface area (Å²) in [6, 6.07) is 10.5. The van der Waals surface area contributed by atoms with E-state index in [4.69, 9.17) is 0 Å². The molecule has 0 radical (unpaired) electrons. The molecule has 5 aliphatic carbocycles. The lowest BCUT2D eigenvalue weighted by molar-refractivity contribution is -0.243. The summed E-state index contributed by atoms with van der Waals surface area (Å²) in [5.41, 5.74) is 3.85. The van der Waals surface area contributed by atoms with Crippen LogP contribution < -0.4 is 5.32 Å². The summed E-state index contributed by atoms with van der Waals surface area (Å²) in [5.74, 6) is 4.35. The molecule has 11 atom stereocenters. The Morgan fingerprint density at radius 3 is 2.29 bits per heavy atom. The monoisotopic (exact) mass is 557 g/mol. The molecule has 0 aromatic heterocycles. The average molecular weight is 558 g/mol. The van der Waals surface area contributed by atoms with Crippen molar-refractivity contribution in [1.82, 2.24) is 5.32 Å². The molecule has 1 amide bonds. The maximum atomic E-state index is 14.3. The molecular formula is C39H59NO. The van der Waals surface area contributed by atoms with Crippen molar-refractivity contribution in [3.8, 4) is 0 Å². The third kappa shape index (κ3) is 3.96. The lowest BCUT2D eigenvalue weighted by Crippen LogP contribution is -2.67. The first-order chi connectivity index (χ1) is 19.4. The van der Waals surface area contributed by atoms with Crippen molar-refractivity contribution < 1.29 is 4.79 Å². The van der Waals surface area contributed by atoms with E-state index in [0.717, 1.165) is 37.0 Å². The number of benzene rings is 1. The third-order valence-corrected chi connectivity index (χ3v) is 15.9. The highest BCUT2D eigenvalue weighted by Crippen LogP contribution is 2.78. The molecule has 0 bridgehead atoms. The van der Waals surface area contributed by atoms with E-state index in [1.807, 2.05) is 0 Å². The number of rotatable bonds is 5. The van der Waals surface area contributed by atoms with E-state index in [0.29, 0.717) is 51.9 Å². The molecule has 0 aliphatic heterocycles. The van der Waals surface area contributed by atoms with Crippen molar-refractivity contribution in [3.63, 3.8) is 0 Å². The molecule has 5 saturated carbocycles. The van der Waals surface area contributed by atoms with Gasteiger partial charge in [-0.1, -0.05) is 90.4 Å². The van der Waals surface area contributed by atoms with E-state index in [2.05, 4.69) is 90.7 Å². The minimum Gasteiger partial charge on any atom is -0.352 e. The maximum absolute atomic E-state index is 14.3. The van der Waals surface area contributed by atoms with Gasteiger partial charge in [-0.15, -0.1) is 0 Å². The van der Waals surface area contributed by atoms with Gasteiger partial charge in [0.2, 0.25) is 5.91 Å². The molecular weight excluding hydrogens is 498 g/mol. The van der Waals surface area contributed by atoms with Crippen LogP contribution >= 0.6 is 0 Å². The fourth-order valence-corrected chi connectivity index (χ4v) is 13.1. The van der Waals surface area contributed by atoms with Gasteiger partial charge in [-0.3, -0.25) is 4.79 Å². The van der Waals surface area contributed by atoms with Gasteiger partial charge in [0.1, 0.15) is 0 Å². The van der Waals surface area contributed by atoms with E-state index in [1.54, 1.807) is 0 Å². The summed E-state index contributed by atoms with van der Waals surface area (Å²) in [5, 5.41) is 3.46. The summed E-state index contributed by atoms with van der Waals surface area (Å²) >= 11 is 0. The largest absolute Gasteiger partial charge is 0.352 e. The zero-order valence-corrected chi connectivity index (χ0v) is 27.5. The van der Waals surface area contributed by atoms with Gasteiger partial charge in [-0.2, -0.15) is 0 Å². The Morgan fingerprint density at radius 2 is 1.61 bits per heavy atom. The minimum absolute atomic E-state index is 0.228. The molecule has 2 heteroatoms. The van der Waals surface area contributed by atoms with Crippen LogP contribution in [0.25, 0.3) is 0 Å². The standard InChI is InChI=1S/C39H59NO/c1-9-35(5)27(4)17-20-36(6)31(35)19-21-38(8)32(36)16-15-30-33-29(26(2)3)18-22-39(33,24-23-37(30,38)7)34(41)40-25-28-13-11-10-12-14-28/h10-14,27,29-33H,2,9,15-25H2,1,3-8H3,(H,40,41)/t27-,29?,30?,31-,32?,33?,35+,36-,37+,38+,39-/m0/s1. The molecule has 5 fully saturated rings. The summed E-state index contributed by atoms with van der Waals surface area (Å²) in [6.45, 7) is 23.3. The highest BCUT2D eigenvalue weighted by atomic mass is 16.2. The van der Waals surface area contributed by atoms with Gasteiger partial charge in [0.15, 0.2) is 0 Å². The number of amides is 1. The van der Waals surface area contributed by atoms with Crippen LogP contribution in [-0.4, -0.2) is 5.91 Å². The van der Waals surface area contributed by atoms with Crippen LogP contribution in [0.2, 0.25) is 0 Å². The number of hydrogen-bond donors (Lipinski definition) is 1. The second-order valence-electron chi connectivity index (χ2n) is 16.8. The summed E-state index contributed by atoms with van der Waals surface area (Å²) in [6.07, 6.45) is 14.0. The van der Waals surface area contributed by atoms with E-state index in [-0.39, 0.29) is 5.41 Å². The maximum Gasteiger partial charge on any atom is 0.226 e. The van der Waals surface area contributed by atoms with Gasteiger partial charge in [0.05, 0.1) is 5.41 Å². The van der Waals surface area contributed by atoms with Crippen molar-refractivity contribution in [2.24, 2.45) is 62.6 Å². The molecule has 0 spiro atoms. The predicted molar refractivity (Wildman–Crippen MR) is 171 cm³/mol. The molecule has 4 unspecified atom stereocenters. The summed E-state index contributed by atoms with van der Waals surface area (Å²) < 4.78 is 0. The van der Waals surface area contributed by atoms with E-state index in [9.17, 15) is 4.79 Å². The predicted octanol–water partition coefficient (Wildman–Crippen LogP) is 9.99. The van der Waals surface area contributed by atoms with Crippen LogP contribution in [0.15, 0.2) is 42.5 Å². The molecule has 0 saturated heterocycles. The Labute approximate surface area is 251 Å². The SMILES string of the molecule is C=C(C)C1CC[C@]2(C(=O)NCc3ccccc3)CC[C@]3(C)C(CCC4[C@@]5(C)CC[C@H](C)[C@@](C)(CC)[C@@H]5CC[C@]43C)C12. The number of hydrogen-bond acceptors (Lipinski definition) is 1. The van der Waals surface area contributed by atoms with Gasteiger partial charge < -0.3 is 5.32 Å². The lowest BCUT2D eigenvalue weighted by atomic mass is 9.31. The van der Waals surface area contributed by atoms with Gasteiger partial charge in [0, 0.05) is 6.54 Å². The molecule has 5 aliphatic rings. The fraction of sp³-hybridized carbons (Fsp3) is 0.769. The van der Waals surface area contributed by atoms with Crippen molar-refractivity contribution >= 4 is 5.91 Å². The smallest absolute Gasteiger partial charge is 0.226 e. The Morgan fingerprint density at radius 1 is 0.878 bits per heavy atom. The minimum atomic E-state index is -0.228. The number of fused-ring (bicyclic) bond motifs is 7. The van der Waals surface area contributed by atoms with Crippen LogP contribution in [0.5, 0.6) is 0 Å². The first-order valence-corrected chi connectivity index (χ1v) is 17.3. The quantitative estimate of drug-likeness (QED) is 0.359. The fourth-order valence-electron chi connectivity index (χ4n) is 13.1. The van der Waals surface area contributed by atoms with Crippen LogP contribution in [0.3, 0.4) is 0 Å². The molecule has 2 nitrogen and oxygen atoms in total. The molecule has 0 heterocycles. The molecule has 1 N–H and O–H groups in total. The second-order valence-corrected chi connectivity index (χ2v) is 16.8. The van der Waals surface area contributed by atoms with Gasteiger partial charge in [0.25, 0.3) is 0 Å². The van der Waals surface area contributed by atoms with Crippen molar-refractivity contribution in [2.75, 3.05) is 0 Å². The highest BCUT2D eigenvalue weighted by molar-refractivity contribution is 5.84. The average Bonchev–Trinajstić information content (AvgIpc) is 3.36. The van der Waals surface area contributed by atoms with Crippen LogP contribution in [0.4, 0.5) is 0 Å². The third-order valence-electron chi connectivity index (χ3n) is 15.9. The van der Waals surface area contributed by atoms with Gasteiger partial charge in [-0.05, 0) is 134 Å². The molecule has 1 aromatic rings. The lowest BCUT2D eigenvalue weighted by Gasteiger charge is -2.73. The van der Waals surface area contributed by atoms with Crippen LogP contribution in [-0.2, 0) is 11.3 Å². The highest BCUT2D eigenvalue weighted by Gasteiger charge is 2.71. The first kappa shape index (κ1) is 29.5. The van der Waals surface area contributed by atoms with E-state index in [1.165, 1.54) is 62.5 Å². The van der Waals surface area contributed by atoms with Crippen LogP contribution in [0.1, 0.15) is 125 Å². The van der Waals surface area contributed by atoms with E-state index >= 15 is 0 Å². The number of carbonyl (C=O) groups excluding carboxylic acids is 1.